The molecule has 4 heterocycles. The standard InChI is InChI=1S/C17H19N7O2/c1-11-9-13-10-23(7-8-24(13)21-11)17(25)19-12(2)16-20-15(22-26-16)14-5-3-4-6-18-14/h3-6,9,12H,7-8,10H2,1-2H3,(H,19,25)/t12-/m0/s1. The summed E-state index contributed by atoms with van der Waals surface area (Å²) in [6.07, 6.45) is 1.67. The lowest BCUT2D eigenvalue weighted by molar-refractivity contribution is 0.175. The third-order valence-electron chi connectivity index (χ3n) is 4.25. The second-order valence-electron chi connectivity index (χ2n) is 6.26. The van der Waals surface area contributed by atoms with Crippen LogP contribution in [0.15, 0.2) is 35.0 Å². The van der Waals surface area contributed by atoms with Crippen LogP contribution in [0.25, 0.3) is 11.5 Å². The number of hydrogen-bond acceptors (Lipinski definition) is 6. The topological polar surface area (TPSA) is 102 Å². The van der Waals surface area contributed by atoms with Gasteiger partial charge in [-0.25, -0.2) is 4.79 Å². The fraction of sp³-hybridized carbons (Fsp3) is 0.353. The van der Waals surface area contributed by atoms with Crippen molar-refractivity contribution >= 4 is 6.03 Å². The molecule has 9 nitrogen and oxygen atoms in total. The highest BCUT2D eigenvalue weighted by Gasteiger charge is 2.25. The Morgan fingerprint density at radius 2 is 2.23 bits per heavy atom. The van der Waals surface area contributed by atoms with Gasteiger partial charge in [-0.15, -0.1) is 0 Å². The number of rotatable bonds is 3. The van der Waals surface area contributed by atoms with E-state index in [-0.39, 0.29) is 6.03 Å². The Labute approximate surface area is 150 Å². The zero-order chi connectivity index (χ0) is 18.1. The summed E-state index contributed by atoms with van der Waals surface area (Å²) in [5.74, 6) is 0.746. The fourth-order valence-electron chi connectivity index (χ4n) is 2.93. The van der Waals surface area contributed by atoms with Crippen molar-refractivity contribution in [2.24, 2.45) is 0 Å². The molecule has 9 heteroatoms. The smallest absolute Gasteiger partial charge is 0.318 e. The maximum absolute atomic E-state index is 12.6. The van der Waals surface area contributed by atoms with Crippen LogP contribution in [0.4, 0.5) is 4.79 Å². The van der Waals surface area contributed by atoms with Gasteiger partial charge in [-0.2, -0.15) is 10.1 Å². The van der Waals surface area contributed by atoms with Gasteiger partial charge in [0.05, 0.1) is 24.5 Å². The molecule has 1 aliphatic heterocycles. The van der Waals surface area contributed by atoms with Gasteiger partial charge in [0.1, 0.15) is 11.7 Å². The summed E-state index contributed by atoms with van der Waals surface area (Å²) in [6, 6.07) is 6.91. The van der Waals surface area contributed by atoms with Gasteiger partial charge < -0.3 is 14.7 Å². The first-order valence-electron chi connectivity index (χ1n) is 8.44. The number of amides is 2. The van der Waals surface area contributed by atoms with Gasteiger partial charge in [-0.1, -0.05) is 11.2 Å². The average molecular weight is 353 g/mol. The average Bonchev–Trinajstić information content (AvgIpc) is 3.27. The van der Waals surface area contributed by atoms with Gasteiger partial charge in [-0.05, 0) is 32.0 Å². The molecule has 26 heavy (non-hydrogen) atoms. The summed E-state index contributed by atoms with van der Waals surface area (Å²) in [5, 5.41) is 11.2. The highest BCUT2D eigenvalue weighted by Crippen LogP contribution is 2.18. The molecular formula is C17H19N7O2. The summed E-state index contributed by atoms with van der Waals surface area (Å²) in [4.78, 5) is 22.8. The van der Waals surface area contributed by atoms with Gasteiger partial charge >= 0.3 is 6.03 Å². The number of nitrogens with zero attached hydrogens (tertiary/aromatic N) is 6. The maximum atomic E-state index is 12.6. The largest absolute Gasteiger partial charge is 0.337 e. The molecule has 1 N–H and O–H groups in total. The van der Waals surface area contributed by atoms with Crippen LogP contribution in [0.2, 0.25) is 0 Å². The molecule has 0 bridgehead atoms. The van der Waals surface area contributed by atoms with Crippen molar-refractivity contribution in [3.8, 4) is 11.5 Å². The lowest BCUT2D eigenvalue weighted by Gasteiger charge is -2.28. The Hall–Kier alpha value is -3.23. The number of pyridine rings is 1. The molecule has 4 rings (SSSR count). The van der Waals surface area contributed by atoms with E-state index in [4.69, 9.17) is 4.52 Å². The van der Waals surface area contributed by atoms with Crippen molar-refractivity contribution in [1.29, 1.82) is 0 Å². The van der Waals surface area contributed by atoms with Crippen LogP contribution in [0.5, 0.6) is 0 Å². The molecule has 0 aliphatic carbocycles. The highest BCUT2D eigenvalue weighted by molar-refractivity contribution is 5.74. The van der Waals surface area contributed by atoms with Crippen molar-refractivity contribution in [2.75, 3.05) is 6.54 Å². The number of nitrogens with one attached hydrogen (secondary N) is 1. The van der Waals surface area contributed by atoms with Crippen LogP contribution < -0.4 is 5.32 Å². The van der Waals surface area contributed by atoms with Crippen molar-refractivity contribution < 1.29 is 9.32 Å². The van der Waals surface area contributed by atoms with E-state index in [9.17, 15) is 4.79 Å². The second-order valence-corrected chi connectivity index (χ2v) is 6.26. The number of fused-ring (bicyclic) bond motifs is 1. The van der Waals surface area contributed by atoms with Crippen LogP contribution in [0, 0.1) is 6.92 Å². The molecule has 1 aliphatic rings. The molecule has 0 radical (unpaired) electrons. The minimum absolute atomic E-state index is 0.166. The second kappa shape index (κ2) is 6.58. The number of urea groups is 1. The van der Waals surface area contributed by atoms with Crippen LogP contribution in [-0.2, 0) is 13.1 Å². The third-order valence-corrected chi connectivity index (χ3v) is 4.25. The predicted molar refractivity (Wildman–Crippen MR) is 91.8 cm³/mol. The number of aryl methyl sites for hydroxylation is 1. The molecule has 0 unspecified atom stereocenters. The predicted octanol–water partition coefficient (Wildman–Crippen LogP) is 1.92. The fourth-order valence-corrected chi connectivity index (χ4v) is 2.93. The van der Waals surface area contributed by atoms with Gasteiger partial charge in [-0.3, -0.25) is 9.67 Å². The van der Waals surface area contributed by atoms with Crippen LogP contribution in [0.1, 0.15) is 30.2 Å². The van der Waals surface area contributed by atoms with Crippen molar-refractivity contribution in [3.63, 3.8) is 0 Å². The van der Waals surface area contributed by atoms with E-state index in [1.807, 2.05) is 36.7 Å². The molecule has 3 aromatic rings. The minimum atomic E-state index is -0.402. The number of carbonyl (C=O) groups is 1. The molecule has 134 valence electrons. The summed E-state index contributed by atoms with van der Waals surface area (Å²) >= 11 is 0. The minimum Gasteiger partial charge on any atom is -0.337 e. The number of carbonyl (C=O) groups excluding carboxylic acids is 1. The summed E-state index contributed by atoms with van der Waals surface area (Å²) in [5.41, 5.74) is 2.62. The first-order chi connectivity index (χ1) is 12.6. The zero-order valence-corrected chi connectivity index (χ0v) is 14.6. The van der Waals surface area contributed by atoms with Crippen molar-refractivity contribution in [3.05, 3.63) is 47.7 Å². The normalized spacial score (nSPS) is 14.8. The van der Waals surface area contributed by atoms with Crippen LogP contribution in [-0.4, -0.2) is 42.4 Å². The Kier molecular flexibility index (Phi) is 4.11. The number of aromatic nitrogens is 5. The van der Waals surface area contributed by atoms with E-state index in [0.29, 0.717) is 37.0 Å². The molecule has 0 saturated carbocycles. The monoisotopic (exact) mass is 353 g/mol. The SMILES string of the molecule is Cc1cc2n(n1)CCN(C(=O)N[C@@H](C)c1nc(-c3ccccn3)no1)C2. The first kappa shape index (κ1) is 16.2. The summed E-state index contributed by atoms with van der Waals surface area (Å²) in [7, 11) is 0. The maximum Gasteiger partial charge on any atom is 0.318 e. The Morgan fingerprint density at radius 1 is 1.35 bits per heavy atom. The summed E-state index contributed by atoms with van der Waals surface area (Å²) < 4.78 is 7.22. The van der Waals surface area contributed by atoms with E-state index in [0.717, 1.165) is 11.4 Å². The van der Waals surface area contributed by atoms with E-state index < -0.39 is 6.04 Å². The van der Waals surface area contributed by atoms with E-state index >= 15 is 0 Å². The third kappa shape index (κ3) is 3.15. The number of hydrogen-bond donors (Lipinski definition) is 1. The molecule has 3 aromatic heterocycles. The van der Waals surface area contributed by atoms with Crippen LogP contribution in [0.3, 0.4) is 0 Å². The highest BCUT2D eigenvalue weighted by atomic mass is 16.5. The molecule has 0 aromatic carbocycles. The lowest BCUT2D eigenvalue weighted by atomic mass is 10.3. The molecule has 1 atom stereocenters. The molecule has 2 amide bonds. The lowest BCUT2D eigenvalue weighted by Crippen LogP contribution is -2.45. The Balaban J connectivity index is 1.41. The van der Waals surface area contributed by atoms with Crippen molar-refractivity contribution in [2.45, 2.75) is 33.0 Å². The van der Waals surface area contributed by atoms with E-state index in [1.165, 1.54) is 0 Å². The molecular weight excluding hydrogens is 334 g/mol. The zero-order valence-electron chi connectivity index (χ0n) is 14.6. The van der Waals surface area contributed by atoms with E-state index in [1.54, 1.807) is 17.2 Å². The first-order valence-corrected chi connectivity index (χ1v) is 8.44. The van der Waals surface area contributed by atoms with Crippen molar-refractivity contribution in [1.82, 2.24) is 35.1 Å². The molecule has 0 saturated heterocycles. The van der Waals surface area contributed by atoms with Gasteiger partial charge in [0.25, 0.3) is 0 Å². The van der Waals surface area contributed by atoms with E-state index in [2.05, 4.69) is 25.5 Å². The summed E-state index contributed by atoms with van der Waals surface area (Å²) in [6.45, 7) is 5.59. The Morgan fingerprint density at radius 3 is 3.04 bits per heavy atom. The Bertz CT molecular complexity index is 918. The quantitative estimate of drug-likeness (QED) is 0.772. The molecule has 0 spiro atoms. The molecule has 0 fully saturated rings. The van der Waals surface area contributed by atoms with Gasteiger partial charge in [0.15, 0.2) is 0 Å². The van der Waals surface area contributed by atoms with Crippen LogP contribution >= 0.6 is 0 Å². The van der Waals surface area contributed by atoms with Gasteiger partial charge in [0.2, 0.25) is 11.7 Å². The van der Waals surface area contributed by atoms with Gasteiger partial charge in [0, 0.05) is 12.7 Å².